The smallest absolute Gasteiger partial charge is 0.147 e. The van der Waals surface area contributed by atoms with E-state index in [1.165, 1.54) is 11.8 Å². The molecule has 1 rings (SSSR count). The van der Waals surface area contributed by atoms with Gasteiger partial charge >= 0.3 is 0 Å². The molecular weight excluding hydrogens is 276 g/mol. The van der Waals surface area contributed by atoms with Crippen LogP contribution >= 0.6 is 15.9 Å². The highest BCUT2D eigenvalue weighted by molar-refractivity contribution is 9.09. The average molecular weight is 291 g/mol. The lowest BCUT2D eigenvalue weighted by molar-refractivity contribution is 0.595. The lowest BCUT2D eigenvalue weighted by atomic mass is 9.99. The Hall–Kier alpha value is -0.350. The second-order valence-corrected chi connectivity index (χ2v) is 6.59. The molecule has 0 saturated heterocycles. The zero-order valence-electron chi connectivity index (χ0n) is 8.69. The van der Waals surface area contributed by atoms with Crippen molar-refractivity contribution in [2.45, 2.75) is 12.3 Å². The molecular formula is C11H15BrO2S. The molecule has 0 spiro atoms. The number of hydrogen-bond acceptors (Lipinski definition) is 2. The van der Waals surface area contributed by atoms with Gasteiger partial charge in [0.05, 0.1) is 5.75 Å². The van der Waals surface area contributed by atoms with Gasteiger partial charge in [-0.05, 0) is 17.9 Å². The van der Waals surface area contributed by atoms with E-state index in [-0.39, 0.29) is 11.7 Å². The molecule has 0 heterocycles. The van der Waals surface area contributed by atoms with E-state index in [9.17, 15) is 8.42 Å². The number of hydrogen-bond donors (Lipinski definition) is 0. The molecule has 1 atom stereocenters. The first-order chi connectivity index (χ1) is 7.03. The third kappa shape index (κ3) is 4.80. The Morgan fingerprint density at radius 1 is 1.27 bits per heavy atom. The maximum absolute atomic E-state index is 11.1. The van der Waals surface area contributed by atoms with Gasteiger partial charge in [0.15, 0.2) is 0 Å². The monoisotopic (exact) mass is 290 g/mol. The molecule has 0 aliphatic rings. The maximum Gasteiger partial charge on any atom is 0.147 e. The van der Waals surface area contributed by atoms with Gasteiger partial charge < -0.3 is 0 Å². The molecule has 1 unspecified atom stereocenters. The number of rotatable bonds is 5. The maximum atomic E-state index is 11.1. The van der Waals surface area contributed by atoms with E-state index in [4.69, 9.17) is 0 Å². The molecule has 0 bridgehead atoms. The van der Waals surface area contributed by atoms with Crippen LogP contribution in [0.5, 0.6) is 0 Å². The molecule has 1 aromatic rings. The van der Waals surface area contributed by atoms with Crippen LogP contribution in [0.15, 0.2) is 30.3 Å². The van der Waals surface area contributed by atoms with E-state index in [2.05, 4.69) is 15.9 Å². The molecule has 0 saturated carbocycles. The van der Waals surface area contributed by atoms with Gasteiger partial charge in [0.1, 0.15) is 9.84 Å². The van der Waals surface area contributed by atoms with Crippen molar-refractivity contribution in [2.24, 2.45) is 0 Å². The summed E-state index contributed by atoms with van der Waals surface area (Å²) in [4.78, 5) is 0. The third-order valence-corrected chi connectivity index (χ3v) is 4.05. The molecule has 84 valence electrons. The molecule has 1 aromatic carbocycles. The van der Waals surface area contributed by atoms with Crippen molar-refractivity contribution in [1.82, 2.24) is 0 Å². The highest BCUT2D eigenvalue weighted by Gasteiger charge is 2.12. The van der Waals surface area contributed by atoms with Crippen molar-refractivity contribution in [2.75, 3.05) is 17.3 Å². The number of alkyl halides is 1. The summed E-state index contributed by atoms with van der Waals surface area (Å²) in [6.45, 7) is 0. The van der Waals surface area contributed by atoms with Crippen molar-refractivity contribution in [3.63, 3.8) is 0 Å². The van der Waals surface area contributed by atoms with E-state index in [1.54, 1.807) is 0 Å². The molecule has 0 radical (unpaired) electrons. The minimum atomic E-state index is -2.86. The molecule has 0 aromatic heterocycles. The van der Waals surface area contributed by atoms with E-state index in [1.807, 2.05) is 30.3 Å². The Bertz CT molecular complexity index is 386. The fourth-order valence-corrected chi connectivity index (χ4v) is 2.82. The standard InChI is InChI=1S/C11H15BrO2S/c1-15(13,14)8-7-11(9-12)10-5-3-2-4-6-10/h2-6,11H,7-9H2,1H3. The molecule has 2 nitrogen and oxygen atoms in total. The topological polar surface area (TPSA) is 34.1 Å². The second kappa shape index (κ2) is 5.66. The number of sulfone groups is 1. The highest BCUT2D eigenvalue weighted by atomic mass is 79.9. The predicted octanol–water partition coefficient (Wildman–Crippen LogP) is 2.60. The first kappa shape index (κ1) is 12.7. The molecule has 0 aliphatic heterocycles. The van der Waals surface area contributed by atoms with Crippen molar-refractivity contribution in [3.8, 4) is 0 Å². The van der Waals surface area contributed by atoms with E-state index in [0.717, 1.165) is 5.33 Å². The van der Waals surface area contributed by atoms with Gasteiger partial charge in [0.25, 0.3) is 0 Å². The van der Waals surface area contributed by atoms with Crippen molar-refractivity contribution in [3.05, 3.63) is 35.9 Å². The number of halogens is 1. The first-order valence-electron chi connectivity index (χ1n) is 4.81. The summed E-state index contributed by atoms with van der Waals surface area (Å²) in [6.07, 6.45) is 1.96. The summed E-state index contributed by atoms with van der Waals surface area (Å²) in [7, 11) is -2.86. The quantitative estimate of drug-likeness (QED) is 0.781. The fraction of sp³-hybridized carbons (Fsp3) is 0.455. The highest BCUT2D eigenvalue weighted by Crippen LogP contribution is 2.22. The Labute approximate surface area is 99.7 Å². The van der Waals surface area contributed by atoms with Crippen LogP contribution in [0.2, 0.25) is 0 Å². The van der Waals surface area contributed by atoms with E-state index in [0.29, 0.717) is 6.42 Å². The van der Waals surface area contributed by atoms with Gasteiger partial charge in [0.2, 0.25) is 0 Å². The van der Waals surface area contributed by atoms with Crippen LogP contribution < -0.4 is 0 Å². The summed E-state index contributed by atoms with van der Waals surface area (Å²) in [5.41, 5.74) is 1.19. The zero-order chi connectivity index (χ0) is 11.3. The Balaban J connectivity index is 2.66. The van der Waals surface area contributed by atoms with Crippen LogP contribution in [-0.2, 0) is 9.84 Å². The minimum Gasteiger partial charge on any atom is -0.229 e. The van der Waals surface area contributed by atoms with Crippen molar-refractivity contribution < 1.29 is 8.42 Å². The van der Waals surface area contributed by atoms with E-state index >= 15 is 0 Å². The Morgan fingerprint density at radius 2 is 1.87 bits per heavy atom. The largest absolute Gasteiger partial charge is 0.229 e. The fourth-order valence-electron chi connectivity index (χ4n) is 1.41. The van der Waals surface area contributed by atoms with Crippen LogP contribution in [0.3, 0.4) is 0 Å². The molecule has 4 heteroatoms. The van der Waals surface area contributed by atoms with Crippen molar-refractivity contribution in [1.29, 1.82) is 0 Å². The van der Waals surface area contributed by atoms with Crippen LogP contribution in [0.4, 0.5) is 0 Å². The van der Waals surface area contributed by atoms with Crippen LogP contribution in [0, 0.1) is 0 Å². The molecule has 0 aliphatic carbocycles. The Kier molecular flexibility index (Phi) is 4.80. The molecule has 0 amide bonds. The second-order valence-electron chi connectivity index (χ2n) is 3.68. The summed E-state index contributed by atoms with van der Waals surface area (Å²) in [5.74, 6) is 0.527. The first-order valence-corrected chi connectivity index (χ1v) is 8.00. The summed E-state index contributed by atoms with van der Waals surface area (Å²) >= 11 is 3.43. The Morgan fingerprint density at radius 3 is 2.33 bits per heavy atom. The van der Waals surface area contributed by atoms with Crippen LogP contribution in [0.1, 0.15) is 17.9 Å². The molecule has 0 N–H and O–H groups in total. The van der Waals surface area contributed by atoms with Gasteiger partial charge in [-0.15, -0.1) is 0 Å². The van der Waals surface area contributed by atoms with Crippen LogP contribution in [-0.4, -0.2) is 25.8 Å². The average Bonchev–Trinajstić information content (AvgIpc) is 2.19. The summed E-state index contributed by atoms with van der Waals surface area (Å²) in [5, 5.41) is 0.798. The van der Waals surface area contributed by atoms with Crippen LogP contribution in [0.25, 0.3) is 0 Å². The van der Waals surface area contributed by atoms with Crippen molar-refractivity contribution >= 4 is 25.8 Å². The van der Waals surface area contributed by atoms with E-state index < -0.39 is 9.84 Å². The summed E-state index contributed by atoms with van der Waals surface area (Å²) in [6, 6.07) is 9.99. The van der Waals surface area contributed by atoms with Gasteiger partial charge in [-0.25, -0.2) is 8.42 Å². The lowest BCUT2D eigenvalue weighted by Crippen LogP contribution is -2.09. The van der Waals surface area contributed by atoms with Gasteiger partial charge in [-0.1, -0.05) is 46.3 Å². The number of benzene rings is 1. The normalized spacial score (nSPS) is 13.7. The summed E-state index contributed by atoms with van der Waals surface area (Å²) < 4.78 is 22.1. The van der Waals surface area contributed by atoms with Gasteiger partial charge in [-0.3, -0.25) is 0 Å². The predicted molar refractivity (Wildman–Crippen MR) is 67.3 cm³/mol. The van der Waals surface area contributed by atoms with Gasteiger partial charge in [0, 0.05) is 11.6 Å². The van der Waals surface area contributed by atoms with Gasteiger partial charge in [-0.2, -0.15) is 0 Å². The third-order valence-electron chi connectivity index (χ3n) is 2.29. The molecule has 15 heavy (non-hydrogen) atoms. The zero-order valence-corrected chi connectivity index (χ0v) is 11.1. The minimum absolute atomic E-state index is 0.248. The SMILES string of the molecule is CS(=O)(=O)CCC(CBr)c1ccccc1. The molecule has 0 fully saturated rings. The lowest BCUT2D eigenvalue weighted by Gasteiger charge is -2.13.